The summed E-state index contributed by atoms with van der Waals surface area (Å²) in [5, 5.41) is 24.2. The third-order valence-electron chi connectivity index (χ3n) is 6.81. The number of rotatable bonds is 9. The number of anilines is 2. The maximum atomic E-state index is 13.5. The Morgan fingerprint density at radius 3 is 2.34 bits per heavy atom. The van der Waals surface area contributed by atoms with Crippen molar-refractivity contribution in [1.82, 2.24) is 19.7 Å². The van der Waals surface area contributed by atoms with Crippen molar-refractivity contribution in [2.24, 2.45) is 5.73 Å². The smallest absolute Gasteiger partial charge is 0.353 e. The van der Waals surface area contributed by atoms with E-state index < -0.39 is 46.4 Å². The summed E-state index contributed by atoms with van der Waals surface area (Å²) >= 11 is 0. The van der Waals surface area contributed by atoms with Crippen LogP contribution in [0.4, 0.5) is 15.8 Å². The van der Waals surface area contributed by atoms with Gasteiger partial charge >= 0.3 is 11.9 Å². The molecule has 5 rings (SSSR count). The largest absolute Gasteiger partial charge is 0.492 e. The number of imidazole rings is 1. The number of aromatic nitrogens is 3. The molecule has 5 aromatic rings. The van der Waals surface area contributed by atoms with Crippen molar-refractivity contribution in [3.8, 4) is 5.88 Å². The van der Waals surface area contributed by atoms with Gasteiger partial charge in [0, 0.05) is 24.7 Å². The zero-order chi connectivity index (χ0) is 33.7. The maximum Gasteiger partial charge on any atom is 0.353 e. The van der Waals surface area contributed by atoms with E-state index in [4.69, 9.17) is 11.5 Å². The molecule has 0 bridgehead atoms. The van der Waals surface area contributed by atoms with Gasteiger partial charge in [-0.3, -0.25) is 18.8 Å². The molecular formula is C30H29ClFN7O8. The van der Waals surface area contributed by atoms with Gasteiger partial charge in [0.15, 0.2) is 0 Å². The number of aromatic hydroxyl groups is 1. The number of ether oxygens (including phenoxy) is 1. The van der Waals surface area contributed by atoms with Gasteiger partial charge in [-0.15, -0.1) is 12.4 Å². The Bertz CT molecular complexity index is 2020. The molecule has 0 radical (unpaired) electrons. The summed E-state index contributed by atoms with van der Waals surface area (Å²) in [5.41, 5.74) is 11.2. The predicted molar refractivity (Wildman–Crippen MR) is 170 cm³/mol. The van der Waals surface area contributed by atoms with Crippen LogP contribution in [0.1, 0.15) is 61.0 Å². The molecule has 1 amide bonds. The summed E-state index contributed by atoms with van der Waals surface area (Å²) in [6, 6.07) is 11.6. The fourth-order valence-electron chi connectivity index (χ4n) is 4.27. The summed E-state index contributed by atoms with van der Waals surface area (Å²) in [7, 11) is 1.29. The summed E-state index contributed by atoms with van der Waals surface area (Å²) in [6.45, 7) is 2.10. The first-order chi connectivity index (χ1) is 21.8. The van der Waals surface area contributed by atoms with E-state index in [0.29, 0.717) is 17.7 Å². The van der Waals surface area contributed by atoms with Crippen LogP contribution >= 0.6 is 12.4 Å². The van der Waals surface area contributed by atoms with Gasteiger partial charge in [0.2, 0.25) is 11.7 Å². The minimum Gasteiger partial charge on any atom is -0.492 e. The van der Waals surface area contributed by atoms with E-state index in [1.54, 1.807) is 43.3 Å². The Morgan fingerprint density at radius 2 is 1.74 bits per heavy atom. The Hall–Kier alpha value is -5.87. The minimum atomic E-state index is -1.30. The molecule has 0 spiro atoms. The number of aromatic carboxylic acids is 1. The second-order valence-electron chi connectivity index (χ2n) is 9.84. The van der Waals surface area contributed by atoms with Crippen molar-refractivity contribution in [2.75, 3.05) is 18.2 Å². The summed E-state index contributed by atoms with van der Waals surface area (Å²) < 4.78 is 19.2. The van der Waals surface area contributed by atoms with Crippen molar-refractivity contribution in [3.05, 3.63) is 115 Å². The highest BCUT2D eigenvalue weighted by molar-refractivity contribution is 5.96. The molecule has 0 aliphatic heterocycles. The number of carbonyl (C=O) groups is 3. The van der Waals surface area contributed by atoms with E-state index in [-0.39, 0.29) is 47.5 Å². The number of nitrogens with zero attached hydrogens (tertiary/aromatic N) is 3. The zero-order valence-corrected chi connectivity index (χ0v) is 25.6. The third kappa shape index (κ3) is 7.86. The maximum absolute atomic E-state index is 13.5. The van der Waals surface area contributed by atoms with Crippen molar-refractivity contribution >= 4 is 47.4 Å². The Balaban J connectivity index is 0.000000274. The van der Waals surface area contributed by atoms with E-state index in [9.17, 15) is 38.6 Å². The molecule has 2 aromatic heterocycles. The number of fused-ring (bicyclic) bond motifs is 1. The molecule has 8 N–H and O–H groups in total. The molecule has 0 fully saturated rings. The van der Waals surface area contributed by atoms with Crippen molar-refractivity contribution in [2.45, 2.75) is 26.1 Å². The topological polar surface area (TPSA) is 241 Å². The van der Waals surface area contributed by atoms with E-state index in [2.05, 4.69) is 25.3 Å². The van der Waals surface area contributed by atoms with Gasteiger partial charge in [-0.2, -0.15) is 4.98 Å². The predicted octanol–water partition coefficient (Wildman–Crippen LogP) is 1.91. The van der Waals surface area contributed by atoms with E-state index >= 15 is 0 Å². The lowest BCUT2D eigenvalue weighted by Gasteiger charge is -2.15. The molecule has 0 unspecified atom stereocenters. The average Bonchev–Trinajstić information content (AvgIpc) is 3.44. The normalized spacial score (nSPS) is 11.1. The molecule has 0 saturated carbocycles. The minimum absolute atomic E-state index is 0. The van der Waals surface area contributed by atoms with Crippen LogP contribution in [0.25, 0.3) is 5.78 Å². The summed E-state index contributed by atoms with van der Waals surface area (Å²) in [5.74, 6) is -3.31. The Kier molecular flexibility index (Phi) is 11.3. The number of carboxylic acid groups (broad SMARTS) is 1. The van der Waals surface area contributed by atoms with Gasteiger partial charge in [-0.1, -0.05) is 18.2 Å². The molecule has 3 aromatic carbocycles. The molecule has 2 heterocycles. The average molecular weight is 670 g/mol. The molecule has 47 heavy (non-hydrogen) atoms. The van der Waals surface area contributed by atoms with Gasteiger partial charge in [0.25, 0.3) is 16.8 Å². The number of esters is 1. The van der Waals surface area contributed by atoms with E-state index in [1.165, 1.54) is 13.2 Å². The van der Waals surface area contributed by atoms with Crippen LogP contribution in [0.3, 0.4) is 0 Å². The highest BCUT2D eigenvalue weighted by Crippen LogP contribution is 2.18. The summed E-state index contributed by atoms with van der Waals surface area (Å²) in [6.07, 6.45) is 1.10. The number of nitrogens with two attached hydrogens (primary N) is 2. The number of halogens is 2. The first kappa shape index (κ1) is 35.6. The molecule has 15 nitrogen and oxygen atoms in total. The number of methoxy groups -OCH3 is 1. The highest BCUT2D eigenvalue weighted by Gasteiger charge is 2.20. The quantitative estimate of drug-likeness (QED) is 0.0972. The van der Waals surface area contributed by atoms with Crippen LogP contribution in [-0.4, -0.2) is 49.5 Å². The number of hydrogen-bond acceptors (Lipinski definition) is 12. The molecule has 246 valence electrons. The first-order valence-corrected chi connectivity index (χ1v) is 13.5. The van der Waals surface area contributed by atoms with E-state index in [0.717, 1.165) is 27.8 Å². The molecule has 0 aliphatic rings. The lowest BCUT2D eigenvalue weighted by atomic mass is 10.1. The zero-order valence-electron chi connectivity index (χ0n) is 24.8. The van der Waals surface area contributed by atoms with Crippen molar-refractivity contribution in [3.63, 3.8) is 0 Å². The first-order valence-electron chi connectivity index (χ1n) is 13.5. The number of carbonyl (C=O) groups excluding carboxylic acids is 2. The third-order valence-corrected chi connectivity index (χ3v) is 6.81. The second kappa shape index (κ2) is 14.9. The van der Waals surface area contributed by atoms with Crippen molar-refractivity contribution < 1.29 is 33.7 Å². The number of carboxylic acids is 1. The number of nitrogen functional groups attached to an aromatic ring is 1. The van der Waals surface area contributed by atoms with Gasteiger partial charge in [0.1, 0.15) is 28.6 Å². The Labute approximate surface area is 271 Å². The van der Waals surface area contributed by atoms with Crippen LogP contribution in [0.15, 0.2) is 64.3 Å². The van der Waals surface area contributed by atoms with Crippen LogP contribution in [0, 0.1) is 5.82 Å². The van der Waals surface area contributed by atoms with Crippen LogP contribution in [0.5, 0.6) is 5.88 Å². The monoisotopic (exact) mass is 669 g/mol. The standard InChI is InChI=1S/C18H16N4O6.C12H12FN3O2.ClH/c1-9(10-3-5-11(6-4-10)17(27)28-2)19-15(24)12-7-13(16(25)26)22-8-14(23)21-18(22)20-12;13-8-2-1-6(4-14)3-7(8)5-16-10-9(15)11(17)12(10)18;/h3-9,23H,1-2H3,(H,19,24)(H,25,26);1-3,16H,4-5,14-15H2;1H/t9-;;/m0../s1. The molecule has 1 atom stereocenters. The molecular weight excluding hydrogens is 641 g/mol. The second-order valence-corrected chi connectivity index (χ2v) is 9.84. The number of hydrogen-bond donors (Lipinski definition) is 6. The fourth-order valence-corrected chi connectivity index (χ4v) is 4.27. The molecule has 17 heteroatoms. The lowest BCUT2D eigenvalue weighted by Crippen LogP contribution is -2.37. The van der Waals surface area contributed by atoms with Gasteiger partial charge < -0.3 is 37.1 Å². The van der Waals surface area contributed by atoms with Crippen molar-refractivity contribution in [1.29, 1.82) is 0 Å². The van der Waals surface area contributed by atoms with Gasteiger partial charge in [-0.25, -0.2) is 19.0 Å². The van der Waals surface area contributed by atoms with Gasteiger partial charge in [0.05, 0.1) is 24.9 Å². The number of benzene rings is 2. The SMILES string of the molecule is COC(=O)c1ccc([C@H](C)NC(=O)c2cc(C(=O)O)n3cc(O)nc3n2)cc1.Cl.NCc1ccc(F)c(CNc2c(N)c(=O)c2=O)c1. The van der Waals surface area contributed by atoms with Crippen LogP contribution < -0.4 is 33.0 Å². The Morgan fingerprint density at radius 1 is 1.06 bits per heavy atom. The lowest BCUT2D eigenvalue weighted by molar-refractivity contribution is 0.0599. The summed E-state index contributed by atoms with van der Waals surface area (Å²) in [4.78, 5) is 65.1. The fraction of sp³-hybridized carbons (Fsp3) is 0.167. The van der Waals surface area contributed by atoms with Crippen LogP contribution in [-0.2, 0) is 17.8 Å². The highest BCUT2D eigenvalue weighted by atomic mass is 35.5. The molecule has 0 aliphatic carbocycles. The van der Waals surface area contributed by atoms with E-state index in [1.807, 2.05) is 0 Å². The van der Waals surface area contributed by atoms with Crippen LogP contribution in [0.2, 0.25) is 0 Å². The van der Waals surface area contributed by atoms with Gasteiger partial charge in [-0.05, 0) is 42.3 Å². The number of nitrogens with one attached hydrogen (secondary N) is 2. The number of amides is 1. The molecule has 0 saturated heterocycles.